The SMILES string of the molecule is CC1(C(=O)N2CC3(C2)C(c2nc(Cc4ccccc4F)no2)CCS3(=O)=O)CC1. The highest BCUT2D eigenvalue weighted by Gasteiger charge is 2.66. The minimum absolute atomic E-state index is 0.0368. The lowest BCUT2D eigenvalue weighted by Crippen LogP contribution is -2.68. The molecule has 0 radical (unpaired) electrons. The van der Waals surface area contributed by atoms with E-state index in [4.69, 9.17) is 4.52 Å². The number of halogens is 1. The van der Waals surface area contributed by atoms with Gasteiger partial charge in [0.05, 0.1) is 11.7 Å². The molecule has 2 aliphatic heterocycles. The van der Waals surface area contributed by atoms with E-state index in [0.717, 1.165) is 12.8 Å². The topological polar surface area (TPSA) is 93.4 Å². The number of likely N-dealkylation sites (tertiary alicyclic amines) is 1. The van der Waals surface area contributed by atoms with Gasteiger partial charge in [-0.05, 0) is 30.9 Å². The fourth-order valence-electron chi connectivity index (χ4n) is 4.54. The van der Waals surface area contributed by atoms with Crippen LogP contribution in [0.3, 0.4) is 0 Å². The zero-order valence-electron chi connectivity index (χ0n) is 16.1. The lowest BCUT2D eigenvalue weighted by molar-refractivity contribution is -0.142. The molecular formula is C20H22FN3O4S. The molecule has 9 heteroatoms. The number of carbonyl (C=O) groups is 1. The van der Waals surface area contributed by atoms with Gasteiger partial charge in [0.15, 0.2) is 15.7 Å². The molecule has 0 N–H and O–H groups in total. The van der Waals surface area contributed by atoms with Crippen LogP contribution < -0.4 is 0 Å². The summed E-state index contributed by atoms with van der Waals surface area (Å²) < 4.78 is 43.9. The van der Waals surface area contributed by atoms with Crippen LogP contribution in [-0.2, 0) is 21.1 Å². The number of hydrogen-bond acceptors (Lipinski definition) is 6. The van der Waals surface area contributed by atoms with Gasteiger partial charge in [-0.25, -0.2) is 12.8 Å². The van der Waals surface area contributed by atoms with Gasteiger partial charge in [-0.2, -0.15) is 4.98 Å². The van der Waals surface area contributed by atoms with Crippen molar-refractivity contribution in [3.63, 3.8) is 0 Å². The maximum absolute atomic E-state index is 13.9. The summed E-state index contributed by atoms with van der Waals surface area (Å²) in [6.45, 7) is 2.28. The Bertz CT molecular complexity index is 1090. The average molecular weight is 419 g/mol. The van der Waals surface area contributed by atoms with E-state index < -0.39 is 20.5 Å². The molecule has 1 spiro atoms. The molecule has 1 aromatic heterocycles. The third kappa shape index (κ3) is 2.81. The summed E-state index contributed by atoms with van der Waals surface area (Å²) >= 11 is 0. The van der Waals surface area contributed by atoms with Crippen LogP contribution in [0.25, 0.3) is 0 Å². The molecule has 5 rings (SSSR count). The van der Waals surface area contributed by atoms with Crippen molar-refractivity contribution in [3.8, 4) is 0 Å². The molecule has 7 nitrogen and oxygen atoms in total. The van der Waals surface area contributed by atoms with Crippen molar-refractivity contribution >= 4 is 15.7 Å². The van der Waals surface area contributed by atoms with E-state index >= 15 is 0 Å². The molecule has 1 aliphatic carbocycles. The molecule has 154 valence electrons. The van der Waals surface area contributed by atoms with Gasteiger partial charge in [0.25, 0.3) is 0 Å². The van der Waals surface area contributed by atoms with Crippen LogP contribution in [-0.4, -0.2) is 53.0 Å². The Kier molecular flexibility index (Phi) is 3.94. The first-order valence-electron chi connectivity index (χ1n) is 9.82. The van der Waals surface area contributed by atoms with Crippen LogP contribution in [0, 0.1) is 11.2 Å². The van der Waals surface area contributed by atoms with Crippen LogP contribution >= 0.6 is 0 Å². The lowest BCUT2D eigenvalue weighted by atomic mass is 9.82. The van der Waals surface area contributed by atoms with Crippen molar-refractivity contribution in [3.05, 3.63) is 47.4 Å². The van der Waals surface area contributed by atoms with Crippen molar-refractivity contribution < 1.29 is 22.1 Å². The van der Waals surface area contributed by atoms with Crippen molar-refractivity contribution in [1.29, 1.82) is 0 Å². The molecule has 2 aromatic rings. The number of benzene rings is 1. The van der Waals surface area contributed by atoms with Crippen LogP contribution in [0.2, 0.25) is 0 Å². The first kappa shape index (κ1) is 18.7. The van der Waals surface area contributed by atoms with E-state index in [1.165, 1.54) is 6.07 Å². The zero-order valence-corrected chi connectivity index (χ0v) is 16.9. The van der Waals surface area contributed by atoms with E-state index in [0.29, 0.717) is 17.8 Å². The molecule has 1 atom stereocenters. The van der Waals surface area contributed by atoms with Crippen LogP contribution in [0.4, 0.5) is 4.39 Å². The highest BCUT2D eigenvalue weighted by atomic mass is 32.2. The van der Waals surface area contributed by atoms with E-state index in [-0.39, 0.29) is 48.3 Å². The second-order valence-corrected chi connectivity index (χ2v) is 11.2. The second kappa shape index (κ2) is 6.10. The Morgan fingerprint density at radius 2 is 2.03 bits per heavy atom. The zero-order chi connectivity index (χ0) is 20.4. The molecule has 3 aliphatic rings. The van der Waals surface area contributed by atoms with E-state index in [2.05, 4.69) is 10.1 Å². The Morgan fingerprint density at radius 1 is 1.31 bits per heavy atom. The number of hydrogen-bond donors (Lipinski definition) is 0. The van der Waals surface area contributed by atoms with Gasteiger partial charge >= 0.3 is 0 Å². The number of amides is 1. The van der Waals surface area contributed by atoms with Gasteiger partial charge in [-0.3, -0.25) is 4.79 Å². The van der Waals surface area contributed by atoms with Crippen molar-refractivity contribution in [1.82, 2.24) is 15.0 Å². The summed E-state index contributed by atoms with van der Waals surface area (Å²) in [6, 6.07) is 6.37. The van der Waals surface area contributed by atoms with Crippen LogP contribution in [0.5, 0.6) is 0 Å². The average Bonchev–Trinajstić information content (AvgIpc) is 3.12. The molecule has 1 saturated carbocycles. The Morgan fingerprint density at radius 3 is 2.72 bits per heavy atom. The Hall–Kier alpha value is -2.29. The summed E-state index contributed by atoms with van der Waals surface area (Å²) in [5.74, 6) is -0.118. The quantitative estimate of drug-likeness (QED) is 0.753. The number of aromatic nitrogens is 2. The normalized spacial score (nSPS) is 25.7. The summed E-state index contributed by atoms with van der Waals surface area (Å²) in [5, 5.41) is 3.94. The van der Waals surface area contributed by atoms with Crippen LogP contribution in [0.15, 0.2) is 28.8 Å². The monoisotopic (exact) mass is 419 g/mol. The summed E-state index contributed by atoms with van der Waals surface area (Å²) in [4.78, 5) is 18.6. The first-order chi connectivity index (χ1) is 13.7. The minimum atomic E-state index is -3.38. The van der Waals surface area contributed by atoms with Gasteiger partial charge in [-0.1, -0.05) is 30.3 Å². The van der Waals surface area contributed by atoms with E-state index in [9.17, 15) is 17.6 Å². The summed E-state index contributed by atoms with van der Waals surface area (Å²) in [6.07, 6.45) is 2.28. The predicted molar refractivity (Wildman–Crippen MR) is 101 cm³/mol. The fourth-order valence-corrected chi connectivity index (χ4v) is 6.85. The summed E-state index contributed by atoms with van der Waals surface area (Å²) in [5.41, 5.74) is 0.128. The van der Waals surface area contributed by atoms with Gasteiger partial charge in [0, 0.05) is 24.9 Å². The Balaban J connectivity index is 1.38. The number of nitrogens with zero attached hydrogens (tertiary/aromatic N) is 3. The molecule has 29 heavy (non-hydrogen) atoms. The Labute approximate surface area is 168 Å². The number of carbonyl (C=O) groups excluding carboxylic acids is 1. The van der Waals surface area contributed by atoms with E-state index in [1.54, 1.807) is 23.1 Å². The van der Waals surface area contributed by atoms with Crippen LogP contribution in [0.1, 0.15) is 49.4 Å². The minimum Gasteiger partial charge on any atom is -0.339 e. The standard InChI is InChI=1S/C20H22FN3O4S/c1-19(7-8-19)18(25)24-11-20(12-24)14(6-9-29(20,26)27)17-22-16(23-28-17)10-13-4-2-3-5-15(13)21/h2-5,14H,6-12H2,1H3. The van der Waals surface area contributed by atoms with Gasteiger partial charge in [0.1, 0.15) is 10.6 Å². The van der Waals surface area contributed by atoms with Crippen molar-refractivity contribution in [2.75, 3.05) is 18.8 Å². The molecule has 1 aromatic carbocycles. The number of rotatable bonds is 4. The molecular weight excluding hydrogens is 397 g/mol. The number of sulfone groups is 1. The van der Waals surface area contributed by atoms with Gasteiger partial charge in [-0.15, -0.1) is 0 Å². The van der Waals surface area contributed by atoms with Gasteiger partial charge in [0.2, 0.25) is 11.8 Å². The highest BCUT2D eigenvalue weighted by Crippen LogP contribution is 2.53. The largest absolute Gasteiger partial charge is 0.339 e. The molecule has 3 heterocycles. The van der Waals surface area contributed by atoms with Gasteiger partial charge < -0.3 is 9.42 Å². The second-order valence-electron chi connectivity index (χ2n) is 8.76. The third-order valence-corrected chi connectivity index (χ3v) is 9.29. The maximum Gasteiger partial charge on any atom is 0.231 e. The maximum atomic E-state index is 13.9. The molecule has 1 amide bonds. The van der Waals surface area contributed by atoms with Crippen molar-refractivity contribution in [2.45, 2.75) is 43.3 Å². The molecule has 2 saturated heterocycles. The van der Waals surface area contributed by atoms with Crippen molar-refractivity contribution in [2.24, 2.45) is 5.41 Å². The highest BCUT2D eigenvalue weighted by molar-refractivity contribution is 7.93. The fraction of sp³-hybridized carbons (Fsp3) is 0.550. The molecule has 3 fully saturated rings. The van der Waals surface area contributed by atoms with E-state index in [1.807, 2.05) is 6.92 Å². The lowest BCUT2D eigenvalue weighted by Gasteiger charge is -2.49. The summed E-state index contributed by atoms with van der Waals surface area (Å²) in [7, 11) is -3.38. The third-order valence-electron chi connectivity index (χ3n) is 6.74. The smallest absolute Gasteiger partial charge is 0.231 e. The predicted octanol–water partition coefficient (Wildman–Crippen LogP) is 2.08. The first-order valence-corrected chi connectivity index (χ1v) is 11.5. The molecule has 1 unspecified atom stereocenters. The molecule has 0 bridgehead atoms.